The molecule has 15 heavy (non-hydrogen) atoms. The predicted molar refractivity (Wildman–Crippen MR) is 55.1 cm³/mol. The van der Waals surface area contributed by atoms with Crippen molar-refractivity contribution in [1.82, 2.24) is 0 Å². The molecule has 0 aliphatic rings. The summed E-state index contributed by atoms with van der Waals surface area (Å²) in [4.78, 5) is 21.3. The Bertz CT molecular complexity index is 455. The summed E-state index contributed by atoms with van der Waals surface area (Å²) in [5.74, 6) is 4.28. The maximum Gasteiger partial charge on any atom is 0.339 e. The molecule has 0 saturated heterocycles. The van der Waals surface area contributed by atoms with E-state index in [1.165, 1.54) is 13.2 Å². The number of ether oxygens (including phenoxy) is 1. The third-order valence-electron chi connectivity index (χ3n) is 1.73. The Morgan fingerprint density at radius 3 is 2.87 bits per heavy atom. The monoisotopic (exact) mass is 203 g/mol. The van der Waals surface area contributed by atoms with E-state index >= 15 is 0 Å². The summed E-state index contributed by atoms with van der Waals surface area (Å²) in [5.41, 5.74) is 6.68. The number of aldehydes is 1. The van der Waals surface area contributed by atoms with Crippen molar-refractivity contribution in [2.24, 2.45) is 0 Å². The number of hydrogen-bond donors (Lipinski definition) is 1. The van der Waals surface area contributed by atoms with Crippen LogP contribution in [0.15, 0.2) is 18.2 Å². The first-order chi connectivity index (χ1) is 7.19. The Labute approximate surface area is 87.0 Å². The van der Waals surface area contributed by atoms with Crippen molar-refractivity contribution in [2.75, 3.05) is 12.8 Å². The van der Waals surface area contributed by atoms with E-state index < -0.39 is 5.97 Å². The molecular weight excluding hydrogens is 194 g/mol. The standard InChI is InChI=1S/C11H9NO3/c1-15-11(14)9-7-8(3-2-6-13)4-5-10(9)12/h4-7H,12H2,1H3. The summed E-state index contributed by atoms with van der Waals surface area (Å²) in [6.07, 6.45) is 0.480. The first kappa shape index (κ1) is 10.8. The molecule has 76 valence electrons. The Morgan fingerprint density at radius 1 is 1.53 bits per heavy atom. The maximum absolute atomic E-state index is 11.2. The number of carbonyl (C=O) groups is 2. The number of methoxy groups -OCH3 is 1. The van der Waals surface area contributed by atoms with E-state index in [9.17, 15) is 9.59 Å². The fourth-order valence-electron chi connectivity index (χ4n) is 1.03. The fourth-order valence-corrected chi connectivity index (χ4v) is 1.03. The molecule has 0 aliphatic heterocycles. The Kier molecular flexibility index (Phi) is 3.47. The summed E-state index contributed by atoms with van der Waals surface area (Å²) in [7, 11) is 1.27. The number of nitrogen functional groups attached to an aromatic ring is 1. The number of hydrogen-bond acceptors (Lipinski definition) is 4. The molecule has 0 heterocycles. The molecule has 2 N–H and O–H groups in total. The smallest absolute Gasteiger partial charge is 0.339 e. The van der Waals surface area contributed by atoms with Crippen LogP contribution in [0.4, 0.5) is 5.69 Å². The first-order valence-electron chi connectivity index (χ1n) is 4.12. The second-order valence-corrected chi connectivity index (χ2v) is 2.68. The van der Waals surface area contributed by atoms with Crippen LogP contribution >= 0.6 is 0 Å². The number of carbonyl (C=O) groups excluding carboxylic acids is 2. The van der Waals surface area contributed by atoms with Crippen molar-refractivity contribution in [1.29, 1.82) is 0 Å². The van der Waals surface area contributed by atoms with Gasteiger partial charge in [0.15, 0.2) is 6.29 Å². The van der Waals surface area contributed by atoms with E-state index in [1.807, 2.05) is 0 Å². The maximum atomic E-state index is 11.2. The van der Waals surface area contributed by atoms with Gasteiger partial charge in [0.2, 0.25) is 0 Å². The van der Waals surface area contributed by atoms with Crippen LogP contribution in [0.3, 0.4) is 0 Å². The molecule has 0 spiro atoms. The first-order valence-corrected chi connectivity index (χ1v) is 4.12. The van der Waals surface area contributed by atoms with Gasteiger partial charge in [0.05, 0.1) is 12.7 Å². The quantitative estimate of drug-likeness (QED) is 0.314. The third-order valence-corrected chi connectivity index (χ3v) is 1.73. The number of rotatable bonds is 1. The van der Waals surface area contributed by atoms with Crippen LogP contribution in [0, 0.1) is 11.8 Å². The molecule has 1 aromatic rings. The van der Waals surface area contributed by atoms with Gasteiger partial charge in [-0.15, -0.1) is 0 Å². The van der Waals surface area contributed by atoms with Gasteiger partial charge < -0.3 is 10.5 Å². The van der Waals surface area contributed by atoms with Crippen LogP contribution in [-0.4, -0.2) is 19.4 Å². The van der Waals surface area contributed by atoms with Crippen molar-refractivity contribution >= 4 is 17.9 Å². The van der Waals surface area contributed by atoms with E-state index in [0.29, 0.717) is 17.5 Å². The highest BCUT2D eigenvalue weighted by Gasteiger charge is 2.09. The molecule has 0 amide bonds. The lowest BCUT2D eigenvalue weighted by Gasteiger charge is -2.03. The number of esters is 1. The normalized spacial score (nSPS) is 8.60. The van der Waals surface area contributed by atoms with Crippen molar-refractivity contribution in [3.63, 3.8) is 0 Å². The Balaban J connectivity index is 3.16. The highest BCUT2D eigenvalue weighted by Crippen LogP contribution is 2.14. The van der Waals surface area contributed by atoms with E-state index in [4.69, 9.17) is 5.73 Å². The number of benzene rings is 1. The van der Waals surface area contributed by atoms with E-state index in [1.54, 1.807) is 12.1 Å². The summed E-state index contributed by atoms with van der Waals surface area (Å²) in [6, 6.07) is 4.65. The molecule has 1 aromatic carbocycles. The van der Waals surface area contributed by atoms with Gasteiger partial charge in [-0.05, 0) is 24.1 Å². The largest absolute Gasteiger partial charge is 0.465 e. The third kappa shape index (κ3) is 2.58. The molecule has 0 saturated carbocycles. The van der Waals surface area contributed by atoms with Gasteiger partial charge in [0.1, 0.15) is 0 Å². The lowest BCUT2D eigenvalue weighted by atomic mass is 10.1. The van der Waals surface area contributed by atoms with Gasteiger partial charge in [-0.3, -0.25) is 4.79 Å². The molecule has 0 aliphatic carbocycles. The van der Waals surface area contributed by atoms with Gasteiger partial charge in [0.25, 0.3) is 0 Å². The lowest BCUT2D eigenvalue weighted by molar-refractivity contribution is -0.103. The Morgan fingerprint density at radius 2 is 2.27 bits per heavy atom. The summed E-state index contributed by atoms with van der Waals surface area (Å²) < 4.78 is 4.54. The highest BCUT2D eigenvalue weighted by molar-refractivity contribution is 5.95. The number of nitrogens with two attached hydrogens (primary N) is 1. The summed E-state index contributed by atoms with van der Waals surface area (Å²) in [6.45, 7) is 0. The predicted octanol–water partition coefficient (Wildman–Crippen LogP) is 0.606. The molecule has 0 radical (unpaired) electrons. The molecule has 4 heteroatoms. The van der Waals surface area contributed by atoms with Crippen molar-refractivity contribution in [3.05, 3.63) is 29.3 Å². The zero-order chi connectivity index (χ0) is 11.3. The summed E-state index contributed by atoms with van der Waals surface area (Å²) >= 11 is 0. The molecule has 0 unspecified atom stereocenters. The molecule has 0 bridgehead atoms. The van der Waals surface area contributed by atoms with Crippen molar-refractivity contribution < 1.29 is 14.3 Å². The van der Waals surface area contributed by atoms with Crippen LogP contribution in [0.1, 0.15) is 15.9 Å². The van der Waals surface area contributed by atoms with E-state index in [2.05, 4.69) is 16.6 Å². The second-order valence-electron chi connectivity index (χ2n) is 2.68. The lowest BCUT2D eigenvalue weighted by Crippen LogP contribution is -2.05. The minimum atomic E-state index is -0.526. The van der Waals surface area contributed by atoms with Crippen LogP contribution in [0.2, 0.25) is 0 Å². The van der Waals surface area contributed by atoms with Gasteiger partial charge in [-0.2, -0.15) is 0 Å². The van der Waals surface area contributed by atoms with E-state index in [0.717, 1.165) is 0 Å². The molecular formula is C11H9NO3. The van der Waals surface area contributed by atoms with Gasteiger partial charge >= 0.3 is 5.97 Å². The Hall–Kier alpha value is -2.28. The van der Waals surface area contributed by atoms with Crippen LogP contribution < -0.4 is 5.73 Å². The molecule has 0 atom stereocenters. The SMILES string of the molecule is COC(=O)c1cc(C#CC=O)ccc1N. The van der Waals surface area contributed by atoms with Crippen LogP contribution in [-0.2, 0) is 9.53 Å². The fraction of sp³-hybridized carbons (Fsp3) is 0.0909. The van der Waals surface area contributed by atoms with Crippen LogP contribution in [0.5, 0.6) is 0 Å². The van der Waals surface area contributed by atoms with Gasteiger partial charge in [0, 0.05) is 11.3 Å². The zero-order valence-electron chi connectivity index (χ0n) is 8.11. The van der Waals surface area contributed by atoms with Crippen molar-refractivity contribution in [2.45, 2.75) is 0 Å². The van der Waals surface area contributed by atoms with E-state index in [-0.39, 0.29) is 5.56 Å². The topological polar surface area (TPSA) is 69.4 Å². The van der Waals surface area contributed by atoms with Gasteiger partial charge in [-0.25, -0.2) is 4.79 Å². The van der Waals surface area contributed by atoms with Crippen LogP contribution in [0.25, 0.3) is 0 Å². The summed E-state index contributed by atoms with van der Waals surface area (Å²) in [5, 5.41) is 0. The molecule has 1 rings (SSSR count). The molecule has 0 fully saturated rings. The number of anilines is 1. The second kappa shape index (κ2) is 4.82. The molecule has 0 aromatic heterocycles. The average molecular weight is 203 g/mol. The molecule has 4 nitrogen and oxygen atoms in total. The van der Waals surface area contributed by atoms with Crippen molar-refractivity contribution in [3.8, 4) is 11.8 Å². The van der Waals surface area contributed by atoms with Gasteiger partial charge in [-0.1, -0.05) is 5.92 Å². The highest BCUT2D eigenvalue weighted by atomic mass is 16.5. The average Bonchev–Trinajstić information content (AvgIpc) is 2.27. The minimum absolute atomic E-state index is 0.246. The minimum Gasteiger partial charge on any atom is -0.465 e. The zero-order valence-corrected chi connectivity index (χ0v) is 8.11.